The third-order valence-electron chi connectivity index (χ3n) is 3.38. The third-order valence-corrected chi connectivity index (χ3v) is 5.18. The van der Waals surface area contributed by atoms with Crippen molar-refractivity contribution in [3.05, 3.63) is 23.2 Å². The highest BCUT2D eigenvalue weighted by atomic mass is 35.5. The highest BCUT2D eigenvalue weighted by Crippen LogP contribution is 2.21. The van der Waals surface area contributed by atoms with Gasteiger partial charge in [-0.3, -0.25) is 0 Å². The average molecular weight is 320 g/mol. The molecule has 0 aliphatic heterocycles. The molecule has 1 atom stereocenters. The SMILES string of the molecule is CCC(C)N(C)CCNS(=O)(=O)c1ccc(Cl)c(N)c1. The van der Waals surface area contributed by atoms with E-state index < -0.39 is 10.0 Å². The number of rotatable bonds is 7. The first kappa shape index (κ1) is 17.2. The summed E-state index contributed by atoms with van der Waals surface area (Å²) in [6.45, 7) is 5.21. The monoisotopic (exact) mass is 319 g/mol. The molecule has 0 aliphatic rings. The van der Waals surface area contributed by atoms with Crippen LogP contribution >= 0.6 is 11.6 Å². The molecule has 1 rings (SSSR count). The first-order valence-corrected chi connectivity index (χ1v) is 8.39. The van der Waals surface area contributed by atoms with E-state index in [1.54, 1.807) is 0 Å². The molecule has 1 aromatic carbocycles. The number of nitrogen functional groups attached to an aromatic ring is 1. The van der Waals surface area contributed by atoms with Gasteiger partial charge in [0.2, 0.25) is 10.0 Å². The predicted molar refractivity (Wildman–Crippen MR) is 83.4 cm³/mol. The third kappa shape index (κ3) is 4.63. The van der Waals surface area contributed by atoms with Crippen molar-refractivity contribution in [2.45, 2.75) is 31.2 Å². The van der Waals surface area contributed by atoms with Crippen LogP contribution in [0.15, 0.2) is 23.1 Å². The fourth-order valence-corrected chi connectivity index (χ4v) is 2.83. The van der Waals surface area contributed by atoms with Crippen LogP contribution < -0.4 is 10.5 Å². The normalized spacial score (nSPS) is 13.7. The minimum atomic E-state index is -3.54. The Kier molecular flexibility index (Phi) is 6.26. The Labute approximate surface area is 126 Å². The molecule has 0 aliphatic carbocycles. The van der Waals surface area contributed by atoms with Crippen LogP contribution in [0.3, 0.4) is 0 Å². The summed E-state index contributed by atoms with van der Waals surface area (Å²) >= 11 is 5.78. The summed E-state index contributed by atoms with van der Waals surface area (Å²) < 4.78 is 26.7. The second kappa shape index (κ2) is 7.26. The number of likely N-dealkylation sites (N-methyl/N-ethyl adjacent to an activating group) is 1. The first-order chi connectivity index (χ1) is 9.27. The van der Waals surface area contributed by atoms with E-state index in [2.05, 4.69) is 23.5 Å². The number of hydrogen-bond acceptors (Lipinski definition) is 4. The molecule has 0 heterocycles. The molecule has 0 radical (unpaired) electrons. The Morgan fingerprint density at radius 2 is 2.10 bits per heavy atom. The zero-order chi connectivity index (χ0) is 15.3. The smallest absolute Gasteiger partial charge is 0.240 e. The predicted octanol–water partition coefficient (Wildman–Crippen LogP) is 1.93. The van der Waals surface area contributed by atoms with Crippen LogP contribution in [0, 0.1) is 0 Å². The lowest BCUT2D eigenvalue weighted by Gasteiger charge is -2.23. The van der Waals surface area contributed by atoms with Gasteiger partial charge in [-0.05, 0) is 38.6 Å². The number of nitrogens with two attached hydrogens (primary N) is 1. The molecule has 20 heavy (non-hydrogen) atoms. The Hall–Kier alpha value is -0.820. The van der Waals surface area contributed by atoms with Gasteiger partial charge in [-0.15, -0.1) is 0 Å². The van der Waals surface area contributed by atoms with Crippen LogP contribution in [0.1, 0.15) is 20.3 Å². The van der Waals surface area contributed by atoms with Crippen LogP contribution in [0.5, 0.6) is 0 Å². The van der Waals surface area contributed by atoms with E-state index in [0.717, 1.165) is 6.42 Å². The molecule has 0 bridgehead atoms. The Balaban J connectivity index is 2.64. The van der Waals surface area contributed by atoms with E-state index in [4.69, 9.17) is 17.3 Å². The van der Waals surface area contributed by atoms with Crippen LogP contribution in [0.2, 0.25) is 5.02 Å². The summed E-state index contributed by atoms with van der Waals surface area (Å²) in [7, 11) is -1.57. The maximum absolute atomic E-state index is 12.1. The molecule has 5 nitrogen and oxygen atoms in total. The zero-order valence-electron chi connectivity index (χ0n) is 12.1. The highest BCUT2D eigenvalue weighted by molar-refractivity contribution is 7.89. The lowest BCUT2D eigenvalue weighted by Crippen LogP contribution is -2.37. The van der Waals surface area contributed by atoms with Crippen LogP contribution in [0.25, 0.3) is 0 Å². The topological polar surface area (TPSA) is 75.4 Å². The summed E-state index contributed by atoms with van der Waals surface area (Å²) in [6, 6.07) is 4.71. The number of anilines is 1. The minimum Gasteiger partial charge on any atom is -0.397 e. The molecule has 0 saturated heterocycles. The van der Waals surface area contributed by atoms with Gasteiger partial charge in [0.05, 0.1) is 15.6 Å². The second-order valence-corrected chi connectivity index (χ2v) is 6.99. The Bertz CT molecular complexity index is 549. The summed E-state index contributed by atoms with van der Waals surface area (Å²) in [5.41, 5.74) is 5.88. The number of nitrogens with zero attached hydrogens (tertiary/aromatic N) is 1. The quantitative estimate of drug-likeness (QED) is 0.753. The number of nitrogens with one attached hydrogen (secondary N) is 1. The average Bonchev–Trinajstić information content (AvgIpc) is 2.40. The molecule has 1 unspecified atom stereocenters. The van der Waals surface area contributed by atoms with E-state index in [1.165, 1.54) is 18.2 Å². The standard InChI is InChI=1S/C13H22ClN3O2S/c1-4-10(2)17(3)8-7-16-20(18,19)11-5-6-12(14)13(15)9-11/h5-6,9-10,16H,4,7-8,15H2,1-3H3. The molecule has 7 heteroatoms. The summed E-state index contributed by atoms with van der Waals surface area (Å²) in [6.07, 6.45) is 1.02. The molecular weight excluding hydrogens is 298 g/mol. The number of halogens is 1. The van der Waals surface area contributed by atoms with Gasteiger partial charge in [0.1, 0.15) is 0 Å². The van der Waals surface area contributed by atoms with Gasteiger partial charge < -0.3 is 10.6 Å². The molecule has 0 amide bonds. The van der Waals surface area contributed by atoms with Gasteiger partial charge in [0.25, 0.3) is 0 Å². The van der Waals surface area contributed by atoms with Crippen LogP contribution in [-0.4, -0.2) is 39.5 Å². The van der Waals surface area contributed by atoms with Gasteiger partial charge in [0.15, 0.2) is 0 Å². The van der Waals surface area contributed by atoms with Gasteiger partial charge in [-0.25, -0.2) is 13.1 Å². The van der Waals surface area contributed by atoms with E-state index >= 15 is 0 Å². The molecule has 3 N–H and O–H groups in total. The number of sulfonamides is 1. The minimum absolute atomic E-state index is 0.130. The Morgan fingerprint density at radius 1 is 1.45 bits per heavy atom. The summed E-state index contributed by atoms with van der Waals surface area (Å²) in [5, 5.41) is 0.348. The van der Waals surface area contributed by atoms with Crippen LogP contribution in [0.4, 0.5) is 5.69 Å². The van der Waals surface area contributed by atoms with Crippen molar-refractivity contribution >= 4 is 27.3 Å². The van der Waals surface area contributed by atoms with Gasteiger partial charge in [-0.1, -0.05) is 18.5 Å². The molecule has 0 saturated carbocycles. The number of benzene rings is 1. The fourth-order valence-electron chi connectivity index (χ4n) is 1.66. The van der Waals surface area contributed by atoms with Gasteiger partial charge in [-0.2, -0.15) is 0 Å². The summed E-state index contributed by atoms with van der Waals surface area (Å²) in [5.74, 6) is 0. The maximum Gasteiger partial charge on any atom is 0.240 e. The molecule has 1 aromatic rings. The summed E-state index contributed by atoms with van der Waals surface area (Å²) in [4.78, 5) is 2.24. The molecule has 114 valence electrons. The largest absolute Gasteiger partial charge is 0.397 e. The van der Waals surface area contributed by atoms with Crippen LogP contribution in [-0.2, 0) is 10.0 Å². The lowest BCUT2D eigenvalue weighted by molar-refractivity contribution is 0.256. The van der Waals surface area contributed by atoms with Crippen molar-refractivity contribution in [1.29, 1.82) is 0 Å². The fraction of sp³-hybridized carbons (Fsp3) is 0.538. The van der Waals surface area contributed by atoms with E-state index in [-0.39, 0.29) is 10.6 Å². The van der Waals surface area contributed by atoms with Crippen molar-refractivity contribution in [2.75, 3.05) is 25.9 Å². The van der Waals surface area contributed by atoms with Gasteiger partial charge in [0, 0.05) is 19.1 Å². The molecule has 0 fully saturated rings. The lowest BCUT2D eigenvalue weighted by atomic mass is 10.2. The molecular formula is C13H22ClN3O2S. The van der Waals surface area contributed by atoms with Crippen molar-refractivity contribution in [3.8, 4) is 0 Å². The van der Waals surface area contributed by atoms with E-state index in [0.29, 0.717) is 24.2 Å². The van der Waals surface area contributed by atoms with Crippen molar-refractivity contribution in [3.63, 3.8) is 0 Å². The molecule has 0 spiro atoms. The molecule has 0 aromatic heterocycles. The maximum atomic E-state index is 12.1. The van der Waals surface area contributed by atoms with E-state index in [9.17, 15) is 8.42 Å². The number of hydrogen-bond donors (Lipinski definition) is 2. The van der Waals surface area contributed by atoms with Crippen molar-refractivity contribution in [1.82, 2.24) is 9.62 Å². The van der Waals surface area contributed by atoms with Crippen molar-refractivity contribution in [2.24, 2.45) is 0 Å². The van der Waals surface area contributed by atoms with Gasteiger partial charge >= 0.3 is 0 Å². The highest BCUT2D eigenvalue weighted by Gasteiger charge is 2.15. The first-order valence-electron chi connectivity index (χ1n) is 6.53. The second-order valence-electron chi connectivity index (χ2n) is 4.82. The zero-order valence-corrected chi connectivity index (χ0v) is 13.6. The van der Waals surface area contributed by atoms with E-state index in [1.807, 2.05) is 7.05 Å². The Morgan fingerprint density at radius 3 is 2.65 bits per heavy atom. The van der Waals surface area contributed by atoms with Crippen molar-refractivity contribution < 1.29 is 8.42 Å².